The van der Waals surface area contributed by atoms with Crippen molar-refractivity contribution >= 4 is 11.8 Å². The number of halogens is 1. The molecule has 2 rings (SSSR count). The molecule has 2 N–H and O–H groups in total. The van der Waals surface area contributed by atoms with Crippen molar-refractivity contribution in [3.63, 3.8) is 0 Å². The molecule has 0 aliphatic rings. The first-order chi connectivity index (χ1) is 7.25. The molecular formula is C9H9FN4S. The standard InChI is InChI=1S/C9H9FN4S/c10-8-3-1-2-7(4-8)5-15-9-13-12-6-14(9)11/h1-4,6H,5,11H2. The Morgan fingerprint density at radius 1 is 1.47 bits per heavy atom. The first-order valence-electron chi connectivity index (χ1n) is 4.28. The Hall–Kier alpha value is -1.56. The van der Waals surface area contributed by atoms with Crippen LogP contribution in [-0.4, -0.2) is 14.9 Å². The van der Waals surface area contributed by atoms with Crippen molar-refractivity contribution in [3.8, 4) is 0 Å². The van der Waals surface area contributed by atoms with E-state index in [-0.39, 0.29) is 5.82 Å². The molecule has 6 heteroatoms. The van der Waals surface area contributed by atoms with Crippen LogP contribution in [0.1, 0.15) is 5.56 Å². The highest BCUT2D eigenvalue weighted by Gasteiger charge is 2.03. The highest BCUT2D eigenvalue weighted by molar-refractivity contribution is 7.98. The molecule has 4 nitrogen and oxygen atoms in total. The van der Waals surface area contributed by atoms with Gasteiger partial charge in [0.25, 0.3) is 0 Å². The predicted octanol–water partition coefficient (Wildman–Crippen LogP) is 1.42. The number of nitrogens with zero attached hydrogens (tertiary/aromatic N) is 3. The van der Waals surface area contributed by atoms with E-state index in [1.807, 2.05) is 6.07 Å². The Bertz CT molecular complexity index is 457. The monoisotopic (exact) mass is 224 g/mol. The molecule has 1 heterocycles. The Morgan fingerprint density at radius 2 is 2.33 bits per heavy atom. The number of aromatic nitrogens is 3. The molecular weight excluding hydrogens is 215 g/mol. The van der Waals surface area contributed by atoms with Crippen molar-refractivity contribution in [1.82, 2.24) is 14.9 Å². The maximum atomic E-state index is 12.8. The third-order valence-electron chi connectivity index (χ3n) is 1.80. The zero-order valence-corrected chi connectivity index (χ0v) is 8.62. The van der Waals surface area contributed by atoms with Crippen LogP contribution in [0.5, 0.6) is 0 Å². The summed E-state index contributed by atoms with van der Waals surface area (Å²) in [5, 5.41) is 8.07. The van der Waals surface area contributed by atoms with E-state index in [0.29, 0.717) is 10.9 Å². The average molecular weight is 224 g/mol. The fourth-order valence-corrected chi connectivity index (χ4v) is 1.89. The molecule has 0 saturated carbocycles. The molecule has 78 valence electrons. The SMILES string of the molecule is Nn1cnnc1SCc1cccc(F)c1. The predicted molar refractivity (Wildman–Crippen MR) is 56.1 cm³/mol. The number of thioether (sulfide) groups is 1. The Kier molecular flexibility index (Phi) is 2.86. The Labute approximate surface area is 90.3 Å². The van der Waals surface area contributed by atoms with Gasteiger partial charge in [-0.15, -0.1) is 10.2 Å². The summed E-state index contributed by atoms with van der Waals surface area (Å²) in [6.45, 7) is 0. The van der Waals surface area contributed by atoms with E-state index in [9.17, 15) is 4.39 Å². The zero-order valence-electron chi connectivity index (χ0n) is 7.80. The van der Waals surface area contributed by atoms with Gasteiger partial charge in [0.15, 0.2) is 0 Å². The Morgan fingerprint density at radius 3 is 3.00 bits per heavy atom. The third-order valence-corrected chi connectivity index (χ3v) is 2.83. The maximum Gasteiger partial charge on any atom is 0.209 e. The quantitative estimate of drug-likeness (QED) is 0.633. The van der Waals surface area contributed by atoms with Crippen LogP contribution in [0.15, 0.2) is 35.7 Å². The molecule has 15 heavy (non-hydrogen) atoms. The van der Waals surface area contributed by atoms with Crippen LogP contribution >= 0.6 is 11.8 Å². The highest BCUT2D eigenvalue weighted by Crippen LogP contribution is 2.19. The number of nitrogens with two attached hydrogens (primary N) is 1. The molecule has 2 aromatic rings. The van der Waals surface area contributed by atoms with Crippen molar-refractivity contribution < 1.29 is 4.39 Å². The van der Waals surface area contributed by atoms with Gasteiger partial charge in [0.2, 0.25) is 5.16 Å². The van der Waals surface area contributed by atoms with Crippen LogP contribution in [0.3, 0.4) is 0 Å². The summed E-state index contributed by atoms with van der Waals surface area (Å²) < 4.78 is 14.2. The van der Waals surface area contributed by atoms with Gasteiger partial charge >= 0.3 is 0 Å². The second kappa shape index (κ2) is 4.31. The van der Waals surface area contributed by atoms with Gasteiger partial charge in [0.05, 0.1) is 0 Å². The van der Waals surface area contributed by atoms with Gasteiger partial charge < -0.3 is 5.84 Å². The van der Waals surface area contributed by atoms with Crippen molar-refractivity contribution in [2.24, 2.45) is 0 Å². The van der Waals surface area contributed by atoms with Gasteiger partial charge in [0, 0.05) is 5.75 Å². The number of rotatable bonds is 3. The minimum Gasteiger partial charge on any atom is -0.336 e. The van der Waals surface area contributed by atoms with E-state index < -0.39 is 0 Å². The van der Waals surface area contributed by atoms with Gasteiger partial charge in [-0.25, -0.2) is 9.07 Å². The summed E-state index contributed by atoms with van der Waals surface area (Å²) in [6, 6.07) is 6.44. The van der Waals surface area contributed by atoms with Crippen LogP contribution in [-0.2, 0) is 5.75 Å². The fraction of sp³-hybridized carbons (Fsp3) is 0.111. The lowest BCUT2D eigenvalue weighted by Crippen LogP contribution is -2.07. The lowest BCUT2D eigenvalue weighted by atomic mass is 10.2. The van der Waals surface area contributed by atoms with E-state index in [4.69, 9.17) is 5.84 Å². The van der Waals surface area contributed by atoms with Gasteiger partial charge in [-0.3, -0.25) is 0 Å². The summed E-state index contributed by atoms with van der Waals surface area (Å²) in [7, 11) is 0. The summed E-state index contributed by atoms with van der Waals surface area (Å²) in [4.78, 5) is 0. The molecule has 0 amide bonds. The molecule has 1 aromatic carbocycles. The molecule has 0 spiro atoms. The Balaban J connectivity index is 2.02. The van der Waals surface area contributed by atoms with E-state index in [1.54, 1.807) is 6.07 Å². The smallest absolute Gasteiger partial charge is 0.209 e. The van der Waals surface area contributed by atoms with Crippen LogP contribution in [0.25, 0.3) is 0 Å². The van der Waals surface area contributed by atoms with Gasteiger partial charge in [-0.05, 0) is 17.7 Å². The minimum atomic E-state index is -0.234. The van der Waals surface area contributed by atoms with Crippen molar-refractivity contribution in [3.05, 3.63) is 42.0 Å². The normalized spacial score (nSPS) is 10.5. The summed E-state index contributed by atoms with van der Waals surface area (Å²) in [5.74, 6) is 5.92. The second-order valence-corrected chi connectivity index (χ2v) is 3.88. The average Bonchev–Trinajstić information content (AvgIpc) is 2.61. The molecule has 0 aliphatic carbocycles. The molecule has 0 bridgehead atoms. The van der Waals surface area contributed by atoms with Crippen LogP contribution < -0.4 is 5.84 Å². The maximum absolute atomic E-state index is 12.8. The van der Waals surface area contributed by atoms with Crippen molar-refractivity contribution in [1.29, 1.82) is 0 Å². The molecule has 1 aromatic heterocycles. The van der Waals surface area contributed by atoms with Gasteiger partial charge in [0.1, 0.15) is 12.1 Å². The third kappa shape index (κ3) is 2.47. The van der Waals surface area contributed by atoms with E-state index >= 15 is 0 Å². The highest BCUT2D eigenvalue weighted by atomic mass is 32.2. The van der Waals surface area contributed by atoms with Crippen LogP contribution in [0.4, 0.5) is 4.39 Å². The molecule has 0 fully saturated rings. The largest absolute Gasteiger partial charge is 0.336 e. The number of hydrogen-bond acceptors (Lipinski definition) is 4. The summed E-state index contributed by atoms with van der Waals surface area (Å²) in [6.07, 6.45) is 1.42. The van der Waals surface area contributed by atoms with E-state index in [0.717, 1.165) is 5.56 Å². The first-order valence-corrected chi connectivity index (χ1v) is 5.26. The summed E-state index contributed by atoms with van der Waals surface area (Å²) >= 11 is 1.41. The summed E-state index contributed by atoms with van der Waals surface area (Å²) in [5.41, 5.74) is 0.892. The van der Waals surface area contributed by atoms with Gasteiger partial charge in [-0.2, -0.15) is 0 Å². The number of nitrogen functional groups attached to an aromatic ring is 1. The van der Waals surface area contributed by atoms with Crippen molar-refractivity contribution in [2.45, 2.75) is 10.9 Å². The van der Waals surface area contributed by atoms with E-state index in [2.05, 4.69) is 10.2 Å². The zero-order chi connectivity index (χ0) is 10.7. The first kappa shape index (κ1) is 9.97. The molecule has 0 aliphatic heterocycles. The topological polar surface area (TPSA) is 56.7 Å². The molecule has 0 unspecified atom stereocenters. The minimum absolute atomic E-state index is 0.234. The molecule has 0 radical (unpaired) electrons. The molecule has 0 atom stereocenters. The lowest BCUT2D eigenvalue weighted by Gasteiger charge is -2.00. The van der Waals surface area contributed by atoms with Crippen LogP contribution in [0.2, 0.25) is 0 Å². The fourth-order valence-electron chi connectivity index (χ4n) is 1.11. The van der Waals surface area contributed by atoms with E-state index in [1.165, 1.54) is 34.9 Å². The second-order valence-electron chi connectivity index (χ2n) is 2.94. The lowest BCUT2D eigenvalue weighted by molar-refractivity contribution is 0.626. The molecule has 0 saturated heterocycles. The van der Waals surface area contributed by atoms with Crippen molar-refractivity contribution in [2.75, 3.05) is 5.84 Å². The number of benzene rings is 1. The van der Waals surface area contributed by atoms with Crippen LogP contribution in [0, 0.1) is 5.82 Å². The van der Waals surface area contributed by atoms with Gasteiger partial charge in [-0.1, -0.05) is 23.9 Å². The number of hydrogen-bond donors (Lipinski definition) is 1.